The second-order valence-corrected chi connectivity index (χ2v) is 9.09. The first kappa shape index (κ1) is 25.6. The number of nitrogens with zero attached hydrogens (tertiary/aromatic N) is 5. The molecule has 1 aromatic carbocycles. The Morgan fingerprint density at radius 1 is 0.971 bits per heavy atom. The van der Waals surface area contributed by atoms with Gasteiger partial charge in [-0.15, -0.1) is 35.0 Å². The molecule has 2 atom stereocenters. The van der Waals surface area contributed by atoms with E-state index in [1.807, 2.05) is 24.3 Å². The highest BCUT2D eigenvalue weighted by atomic mass is 35.5. The van der Waals surface area contributed by atoms with Crippen molar-refractivity contribution in [2.75, 3.05) is 13.1 Å². The van der Waals surface area contributed by atoms with Crippen LogP contribution in [0.5, 0.6) is 0 Å². The minimum atomic E-state index is -4.42. The van der Waals surface area contributed by atoms with Gasteiger partial charge in [0.25, 0.3) is 0 Å². The SMILES string of the molecule is Cl.Cl.NC1CCN([C@@H](c2ccc3nnc(-c4ccc5cccc(C6CC6)c5n4)n3c2)C(F)(F)F)C1. The van der Waals surface area contributed by atoms with Gasteiger partial charge in [-0.3, -0.25) is 9.30 Å². The number of aromatic nitrogens is 4. The van der Waals surface area contributed by atoms with Crippen LogP contribution in [0.15, 0.2) is 48.7 Å². The lowest BCUT2D eigenvalue weighted by atomic mass is 10.1. The van der Waals surface area contributed by atoms with Crippen LogP contribution >= 0.6 is 24.8 Å². The average molecular weight is 525 g/mol. The Hall–Kier alpha value is -2.46. The van der Waals surface area contributed by atoms with Gasteiger partial charge in [-0.2, -0.15) is 13.2 Å². The normalized spacial score (nSPS) is 19.5. The molecule has 0 bridgehead atoms. The van der Waals surface area contributed by atoms with Crippen molar-refractivity contribution in [3.63, 3.8) is 0 Å². The van der Waals surface area contributed by atoms with Crippen LogP contribution in [0.2, 0.25) is 0 Å². The van der Waals surface area contributed by atoms with Crippen molar-refractivity contribution >= 4 is 41.4 Å². The van der Waals surface area contributed by atoms with Gasteiger partial charge in [-0.1, -0.05) is 30.3 Å². The first-order valence-corrected chi connectivity index (χ1v) is 11.2. The summed E-state index contributed by atoms with van der Waals surface area (Å²) in [6.45, 7) is 0.530. The number of fused-ring (bicyclic) bond motifs is 2. The van der Waals surface area contributed by atoms with Crippen molar-refractivity contribution < 1.29 is 13.2 Å². The third kappa shape index (κ3) is 4.70. The smallest absolute Gasteiger partial charge is 0.326 e. The van der Waals surface area contributed by atoms with Crippen molar-refractivity contribution in [1.82, 2.24) is 24.5 Å². The number of likely N-dealkylation sites (tertiary alicyclic amines) is 1. The second-order valence-electron chi connectivity index (χ2n) is 9.09. The number of pyridine rings is 2. The topological polar surface area (TPSA) is 72.3 Å². The largest absolute Gasteiger partial charge is 0.408 e. The molecule has 6 nitrogen and oxygen atoms in total. The standard InChI is InChI=1S/C24H23F3N6.2ClH/c25-24(26,27)22(32-11-10-17(28)13-32)16-7-9-20-30-31-23(33(20)12-16)19-8-6-15-2-1-3-18(14-4-5-14)21(15)29-19;;/h1-3,6-9,12,14,17,22H,4-5,10-11,13,28H2;2*1H/t17?,22-;;/m0../s1. The summed E-state index contributed by atoms with van der Waals surface area (Å²) < 4.78 is 43.9. The van der Waals surface area contributed by atoms with Crippen molar-refractivity contribution in [2.45, 2.75) is 43.4 Å². The maximum Gasteiger partial charge on any atom is 0.408 e. The Labute approximate surface area is 212 Å². The maximum atomic E-state index is 14.1. The van der Waals surface area contributed by atoms with Crippen LogP contribution in [-0.4, -0.2) is 49.8 Å². The lowest BCUT2D eigenvalue weighted by Gasteiger charge is -2.30. The molecule has 0 amide bonds. The molecule has 186 valence electrons. The zero-order valence-corrected chi connectivity index (χ0v) is 20.3. The van der Waals surface area contributed by atoms with Crippen LogP contribution in [-0.2, 0) is 0 Å². The zero-order chi connectivity index (χ0) is 22.7. The summed E-state index contributed by atoms with van der Waals surface area (Å²) in [6.07, 6.45) is -0.0723. The Bertz CT molecular complexity index is 1350. The lowest BCUT2D eigenvalue weighted by Crippen LogP contribution is -2.38. The van der Waals surface area contributed by atoms with Gasteiger partial charge in [0.2, 0.25) is 0 Å². The third-order valence-corrected chi connectivity index (χ3v) is 6.67. The Balaban J connectivity index is 0.00000144. The quantitative estimate of drug-likeness (QED) is 0.392. The van der Waals surface area contributed by atoms with Crippen molar-refractivity contribution in [3.05, 3.63) is 59.8 Å². The first-order chi connectivity index (χ1) is 15.9. The minimum absolute atomic E-state index is 0. The number of para-hydroxylation sites is 1. The van der Waals surface area contributed by atoms with Crippen LogP contribution in [0.4, 0.5) is 13.2 Å². The molecule has 4 aromatic rings. The lowest BCUT2D eigenvalue weighted by molar-refractivity contribution is -0.183. The summed E-state index contributed by atoms with van der Waals surface area (Å²) in [5.41, 5.74) is 9.24. The molecule has 6 rings (SSSR count). The fourth-order valence-electron chi connectivity index (χ4n) is 4.92. The molecule has 1 unspecified atom stereocenters. The molecule has 1 saturated heterocycles. The fraction of sp³-hybridized carbons (Fsp3) is 0.375. The Kier molecular flexibility index (Phi) is 6.98. The van der Waals surface area contributed by atoms with Crippen LogP contribution < -0.4 is 5.73 Å². The van der Waals surface area contributed by atoms with Gasteiger partial charge in [0.15, 0.2) is 11.5 Å². The summed E-state index contributed by atoms with van der Waals surface area (Å²) in [5.74, 6) is 0.955. The molecule has 0 spiro atoms. The van der Waals surface area contributed by atoms with Crippen molar-refractivity contribution in [1.29, 1.82) is 0 Å². The number of benzene rings is 1. The van der Waals surface area contributed by atoms with Crippen LogP contribution in [0.1, 0.15) is 42.3 Å². The van der Waals surface area contributed by atoms with E-state index in [1.165, 1.54) is 22.7 Å². The second kappa shape index (κ2) is 9.54. The molecule has 11 heteroatoms. The monoisotopic (exact) mass is 524 g/mol. The molecule has 1 saturated carbocycles. The average Bonchev–Trinajstić information content (AvgIpc) is 3.41. The summed E-state index contributed by atoms with van der Waals surface area (Å²) in [7, 11) is 0. The van der Waals surface area contributed by atoms with E-state index in [9.17, 15) is 13.2 Å². The van der Waals surface area contributed by atoms with E-state index in [2.05, 4.69) is 16.3 Å². The van der Waals surface area contributed by atoms with Gasteiger partial charge in [-0.25, -0.2) is 4.98 Å². The van der Waals surface area contributed by atoms with E-state index in [0.717, 1.165) is 23.7 Å². The van der Waals surface area contributed by atoms with E-state index >= 15 is 0 Å². The minimum Gasteiger partial charge on any atom is -0.326 e. The van der Waals surface area contributed by atoms with E-state index in [1.54, 1.807) is 10.5 Å². The van der Waals surface area contributed by atoms with E-state index in [0.29, 0.717) is 36.0 Å². The van der Waals surface area contributed by atoms with E-state index in [-0.39, 0.29) is 43.0 Å². The fourth-order valence-corrected chi connectivity index (χ4v) is 4.92. The molecule has 4 heterocycles. The number of hydrogen-bond donors (Lipinski definition) is 1. The maximum absolute atomic E-state index is 14.1. The van der Waals surface area contributed by atoms with Crippen LogP contribution in [0, 0.1) is 0 Å². The predicted molar refractivity (Wildman–Crippen MR) is 133 cm³/mol. The molecular formula is C24H25Cl2F3N6. The number of rotatable bonds is 4. The predicted octanol–water partition coefficient (Wildman–Crippen LogP) is 5.30. The molecular weight excluding hydrogens is 500 g/mol. The number of halogens is 5. The number of hydrogen-bond acceptors (Lipinski definition) is 5. The summed E-state index contributed by atoms with van der Waals surface area (Å²) >= 11 is 0. The molecule has 2 N–H and O–H groups in total. The molecule has 2 fully saturated rings. The van der Waals surface area contributed by atoms with Crippen molar-refractivity contribution in [2.24, 2.45) is 5.73 Å². The first-order valence-electron chi connectivity index (χ1n) is 11.2. The van der Waals surface area contributed by atoms with Crippen LogP contribution in [0.3, 0.4) is 0 Å². The van der Waals surface area contributed by atoms with E-state index in [4.69, 9.17) is 10.7 Å². The molecule has 35 heavy (non-hydrogen) atoms. The highest BCUT2D eigenvalue weighted by molar-refractivity contribution is 5.86. The van der Waals surface area contributed by atoms with Crippen molar-refractivity contribution in [3.8, 4) is 11.5 Å². The Morgan fingerprint density at radius 2 is 1.77 bits per heavy atom. The van der Waals surface area contributed by atoms with Gasteiger partial charge in [0, 0.05) is 30.7 Å². The van der Waals surface area contributed by atoms with Gasteiger partial charge in [-0.05, 0) is 48.4 Å². The van der Waals surface area contributed by atoms with Crippen LogP contribution in [0.25, 0.3) is 28.1 Å². The number of nitrogens with two attached hydrogens (primary N) is 1. The number of alkyl halides is 3. The molecule has 0 radical (unpaired) electrons. The summed E-state index contributed by atoms with van der Waals surface area (Å²) in [6, 6.07) is 11.1. The molecule has 1 aliphatic carbocycles. The third-order valence-electron chi connectivity index (χ3n) is 6.67. The molecule has 2 aliphatic rings. The summed E-state index contributed by atoms with van der Waals surface area (Å²) in [4.78, 5) is 6.28. The highest BCUT2D eigenvalue weighted by Crippen LogP contribution is 2.43. The summed E-state index contributed by atoms with van der Waals surface area (Å²) in [5, 5.41) is 9.49. The Morgan fingerprint density at radius 3 is 2.46 bits per heavy atom. The van der Waals surface area contributed by atoms with E-state index < -0.39 is 12.2 Å². The molecule has 3 aromatic heterocycles. The van der Waals surface area contributed by atoms with Gasteiger partial charge in [0.1, 0.15) is 11.7 Å². The van der Waals surface area contributed by atoms with Gasteiger partial charge in [0.05, 0.1) is 5.52 Å². The highest BCUT2D eigenvalue weighted by Gasteiger charge is 2.46. The van der Waals surface area contributed by atoms with Gasteiger partial charge < -0.3 is 5.73 Å². The van der Waals surface area contributed by atoms with Gasteiger partial charge >= 0.3 is 6.18 Å². The zero-order valence-electron chi connectivity index (χ0n) is 18.7. The molecule has 1 aliphatic heterocycles.